The van der Waals surface area contributed by atoms with E-state index >= 15 is 0 Å². The molecule has 1 aromatic rings. The maximum absolute atomic E-state index is 11.6. The van der Waals surface area contributed by atoms with Gasteiger partial charge in [-0.2, -0.15) is 0 Å². The van der Waals surface area contributed by atoms with Crippen molar-refractivity contribution >= 4 is 0 Å². The summed E-state index contributed by atoms with van der Waals surface area (Å²) in [6.07, 6.45) is 5.02. The fourth-order valence-corrected chi connectivity index (χ4v) is 1.57. The predicted octanol–water partition coefficient (Wildman–Crippen LogP) is 2.37. The molecule has 84 valence electrons. The minimum Gasteiger partial charge on any atom is -0.310 e. The standard InChI is InChI=1S/C12H20N2O/c1-4-6-8-10-9(3)12(15)14-11(13-10)7-5-2/h4-8H2,1-3H3,(H,13,14,15). The Morgan fingerprint density at radius 1 is 1.20 bits per heavy atom. The number of rotatable bonds is 5. The first kappa shape index (κ1) is 12.0. The first-order valence-electron chi connectivity index (χ1n) is 5.77. The third-order valence-electron chi connectivity index (χ3n) is 2.56. The molecular weight excluding hydrogens is 188 g/mol. The minimum absolute atomic E-state index is 0.0274. The van der Waals surface area contributed by atoms with Crippen molar-refractivity contribution < 1.29 is 0 Å². The van der Waals surface area contributed by atoms with Gasteiger partial charge in [-0.25, -0.2) is 4.98 Å². The van der Waals surface area contributed by atoms with Crippen molar-refractivity contribution in [2.75, 3.05) is 0 Å². The van der Waals surface area contributed by atoms with Crippen LogP contribution in [0.15, 0.2) is 4.79 Å². The molecule has 3 heteroatoms. The summed E-state index contributed by atoms with van der Waals surface area (Å²) in [6, 6.07) is 0. The van der Waals surface area contributed by atoms with Gasteiger partial charge < -0.3 is 4.98 Å². The molecule has 3 nitrogen and oxygen atoms in total. The van der Waals surface area contributed by atoms with E-state index < -0.39 is 0 Å². The first-order chi connectivity index (χ1) is 7.19. The molecule has 0 bridgehead atoms. The SMILES string of the molecule is CCCCc1nc(CCC)[nH]c(=O)c1C. The van der Waals surface area contributed by atoms with E-state index in [1.165, 1.54) is 0 Å². The fraction of sp³-hybridized carbons (Fsp3) is 0.667. The lowest BCUT2D eigenvalue weighted by Gasteiger charge is -2.06. The molecule has 0 aliphatic rings. The average molecular weight is 208 g/mol. The molecule has 0 saturated heterocycles. The summed E-state index contributed by atoms with van der Waals surface area (Å²) < 4.78 is 0. The van der Waals surface area contributed by atoms with Gasteiger partial charge in [0, 0.05) is 12.0 Å². The monoisotopic (exact) mass is 208 g/mol. The van der Waals surface area contributed by atoms with Gasteiger partial charge in [0.15, 0.2) is 0 Å². The summed E-state index contributed by atoms with van der Waals surface area (Å²) in [5, 5.41) is 0. The van der Waals surface area contributed by atoms with E-state index in [1.54, 1.807) is 0 Å². The summed E-state index contributed by atoms with van der Waals surface area (Å²) in [7, 11) is 0. The van der Waals surface area contributed by atoms with Crippen molar-refractivity contribution in [3.05, 3.63) is 27.4 Å². The predicted molar refractivity (Wildman–Crippen MR) is 62.2 cm³/mol. The highest BCUT2D eigenvalue weighted by Gasteiger charge is 2.06. The Morgan fingerprint density at radius 3 is 2.53 bits per heavy atom. The lowest BCUT2D eigenvalue weighted by atomic mass is 10.1. The molecular formula is C12H20N2O. The van der Waals surface area contributed by atoms with E-state index in [0.29, 0.717) is 0 Å². The van der Waals surface area contributed by atoms with Crippen LogP contribution in [0.4, 0.5) is 0 Å². The average Bonchev–Trinajstić information content (AvgIpc) is 2.21. The van der Waals surface area contributed by atoms with Crippen molar-refractivity contribution in [2.24, 2.45) is 0 Å². The number of hydrogen-bond acceptors (Lipinski definition) is 2. The number of H-pyrrole nitrogens is 1. The molecule has 0 fully saturated rings. The number of unbranched alkanes of at least 4 members (excludes halogenated alkanes) is 1. The zero-order valence-electron chi connectivity index (χ0n) is 9.89. The van der Waals surface area contributed by atoms with E-state index in [4.69, 9.17) is 0 Å². The molecule has 0 radical (unpaired) electrons. The number of nitrogens with zero attached hydrogens (tertiary/aromatic N) is 1. The van der Waals surface area contributed by atoms with Gasteiger partial charge in [-0.05, 0) is 26.2 Å². The molecule has 15 heavy (non-hydrogen) atoms. The Bertz CT molecular complexity index is 368. The zero-order valence-corrected chi connectivity index (χ0v) is 9.89. The Morgan fingerprint density at radius 2 is 1.93 bits per heavy atom. The van der Waals surface area contributed by atoms with Crippen LogP contribution < -0.4 is 5.56 Å². The number of aromatic amines is 1. The van der Waals surface area contributed by atoms with Crippen molar-refractivity contribution in [3.8, 4) is 0 Å². The number of aromatic nitrogens is 2. The van der Waals surface area contributed by atoms with Gasteiger partial charge in [0.1, 0.15) is 5.82 Å². The highest BCUT2D eigenvalue weighted by Crippen LogP contribution is 2.05. The van der Waals surface area contributed by atoms with E-state index in [1.807, 2.05) is 6.92 Å². The van der Waals surface area contributed by atoms with E-state index in [0.717, 1.165) is 49.2 Å². The van der Waals surface area contributed by atoms with Crippen LogP contribution >= 0.6 is 0 Å². The lowest BCUT2D eigenvalue weighted by molar-refractivity contribution is 0.737. The highest BCUT2D eigenvalue weighted by atomic mass is 16.1. The van der Waals surface area contributed by atoms with Gasteiger partial charge in [-0.1, -0.05) is 20.3 Å². The normalized spacial score (nSPS) is 10.6. The summed E-state index contributed by atoms with van der Waals surface area (Å²) in [6.45, 7) is 6.09. The molecule has 0 spiro atoms. The lowest BCUT2D eigenvalue weighted by Crippen LogP contribution is -2.17. The summed E-state index contributed by atoms with van der Waals surface area (Å²) in [5.74, 6) is 0.833. The van der Waals surface area contributed by atoms with Crippen LogP contribution in [0.1, 0.15) is 50.2 Å². The van der Waals surface area contributed by atoms with Gasteiger partial charge in [0.2, 0.25) is 0 Å². The topological polar surface area (TPSA) is 45.8 Å². The van der Waals surface area contributed by atoms with E-state index in [9.17, 15) is 4.79 Å². The maximum Gasteiger partial charge on any atom is 0.254 e. The maximum atomic E-state index is 11.6. The third-order valence-corrected chi connectivity index (χ3v) is 2.56. The second-order valence-electron chi connectivity index (χ2n) is 3.94. The number of aryl methyl sites for hydroxylation is 2. The van der Waals surface area contributed by atoms with Gasteiger partial charge in [-0.3, -0.25) is 4.79 Å². The van der Waals surface area contributed by atoms with Crippen LogP contribution in [0.5, 0.6) is 0 Å². The molecule has 0 aliphatic heterocycles. The van der Waals surface area contributed by atoms with Crippen LogP contribution in [0, 0.1) is 6.92 Å². The van der Waals surface area contributed by atoms with Gasteiger partial charge in [-0.15, -0.1) is 0 Å². The Kier molecular flexibility index (Phi) is 4.53. The second-order valence-corrected chi connectivity index (χ2v) is 3.94. The molecule has 1 N–H and O–H groups in total. The molecule has 0 amide bonds. The van der Waals surface area contributed by atoms with Gasteiger partial charge in [0.05, 0.1) is 5.69 Å². The molecule has 1 aromatic heterocycles. The van der Waals surface area contributed by atoms with Crippen molar-refractivity contribution in [1.29, 1.82) is 0 Å². The number of nitrogens with one attached hydrogen (secondary N) is 1. The van der Waals surface area contributed by atoms with Crippen LogP contribution in [0.25, 0.3) is 0 Å². The largest absolute Gasteiger partial charge is 0.310 e. The smallest absolute Gasteiger partial charge is 0.254 e. The Labute approximate surface area is 91.0 Å². The van der Waals surface area contributed by atoms with Crippen molar-refractivity contribution in [1.82, 2.24) is 9.97 Å². The summed E-state index contributed by atoms with van der Waals surface area (Å²) in [4.78, 5) is 18.9. The summed E-state index contributed by atoms with van der Waals surface area (Å²) >= 11 is 0. The summed E-state index contributed by atoms with van der Waals surface area (Å²) in [5.41, 5.74) is 1.78. The molecule has 1 heterocycles. The molecule has 0 saturated carbocycles. The molecule has 0 aliphatic carbocycles. The van der Waals surface area contributed by atoms with Crippen molar-refractivity contribution in [3.63, 3.8) is 0 Å². The minimum atomic E-state index is 0.0274. The molecule has 0 aromatic carbocycles. The van der Waals surface area contributed by atoms with Crippen LogP contribution in [-0.2, 0) is 12.8 Å². The Balaban J connectivity index is 2.96. The van der Waals surface area contributed by atoms with Crippen LogP contribution in [-0.4, -0.2) is 9.97 Å². The van der Waals surface area contributed by atoms with Crippen LogP contribution in [0.2, 0.25) is 0 Å². The van der Waals surface area contributed by atoms with E-state index in [-0.39, 0.29) is 5.56 Å². The van der Waals surface area contributed by atoms with E-state index in [2.05, 4.69) is 23.8 Å². The highest BCUT2D eigenvalue weighted by molar-refractivity contribution is 5.16. The fourth-order valence-electron chi connectivity index (χ4n) is 1.57. The Hall–Kier alpha value is -1.12. The van der Waals surface area contributed by atoms with Crippen molar-refractivity contribution in [2.45, 2.75) is 52.9 Å². The van der Waals surface area contributed by atoms with Gasteiger partial charge >= 0.3 is 0 Å². The van der Waals surface area contributed by atoms with Gasteiger partial charge in [0.25, 0.3) is 5.56 Å². The quantitative estimate of drug-likeness (QED) is 0.807. The molecule has 0 unspecified atom stereocenters. The second kappa shape index (κ2) is 5.69. The van der Waals surface area contributed by atoms with Crippen LogP contribution in [0.3, 0.4) is 0 Å². The molecule has 1 rings (SSSR count). The number of hydrogen-bond donors (Lipinski definition) is 1. The molecule has 0 atom stereocenters. The third kappa shape index (κ3) is 3.18. The zero-order chi connectivity index (χ0) is 11.3. The first-order valence-corrected chi connectivity index (χ1v) is 5.77.